The van der Waals surface area contributed by atoms with Gasteiger partial charge in [-0.1, -0.05) is 26.2 Å². The van der Waals surface area contributed by atoms with Gasteiger partial charge in [-0.3, -0.25) is 9.59 Å². The van der Waals surface area contributed by atoms with E-state index in [4.69, 9.17) is 0 Å². The average molecular weight is 168 g/mol. The van der Waals surface area contributed by atoms with Crippen LogP contribution in [0.2, 0.25) is 0 Å². The number of hydrogen-bond donors (Lipinski definition) is 0. The Morgan fingerprint density at radius 2 is 1.75 bits per heavy atom. The van der Waals surface area contributed by atoms with Crippen molar-refractivity contribution in [2.45, 2.75) is 45.4 Å². The topological polar surface area (TPSA) is 34.1 Å². The van der Waals surface area contributed by atoms with Crippen LogP contribution in [0.25, 0.3) is 0 Å². The van der Waals surface area contributed by atoms with Crippen LogP contribution in [0.1, 0.15) is 45.4 Å². The predicted octanol–water partition coefficient (Wildman–Crippen LogP) is 2.11. The number of ketones is 2. The van der Waals surface area contributed by atoms with E-state index in [9.17, 15) is 9.59 Å². The maximum Gasteiger partial charge on any atom is 0.201 e. The van der Waals surface area contributed by atoms with Gasteiger partial charge in [-0.05, 0) is 12.8 Å². The van der Waals surface area contributed by atoms with E-state index in [0.29, 0.717) is 6.42 Å². The Hall–Kier alpha value is -0.660. The Morgan fingerprint density at radius 1 is 1.17 bits per heavy atom. The van der Waals surface area contributed by atoms with Gasteiger partial charge < -0.3 is 0 Å². The summed E-state index contributed by atoms with van der Waals surface area (Å²) < 4.78 is 0. The van der Waals surface area contributed by atoms with Gasteiger partial charge in [0.05, 0.1) is 0 Å². The third kappa shape index (κ3) is 2.16. The minimum absolute atomic E-state index is 0.0613. The zero-order chi connectivity index (χ0) is 8.97. The van der Waals surface area contributed by atoms with Crippen LogP contribution in [0.5, 0.6) is 0 Å². The number of carbonyl (C=O) groups excluding carboxylic acids is 2. The summed E-state index contributed by atoms with van der Waals surface area (Å²) in [7, 11) is 0. The molecule has 1 fully saturated rings. The van der Waals surface area contributed by atoms with Crippen LogP contribution in [0, 0.1) is 5.92 Å². The van der Waals surface area contributed by atoms with Crippen molar-refractivity contribution >= 4 is 11.6 Å². The fourth-order valence-electron chi connectivity index (χ4n) is 1.77. The highest BCUT2D eigenvalue weighted by atomic mass is 16.2. The normalized spacial score (nSPS) is 19.1. The van der Waals surface area contributed by atoms with Crippen molar-refractivity contribution < 1.29 is 9.59 Å². The van der Waals surface area contributed by atoms with E-state index in [1.807, 2.05) is 0 Å². The molecule has 0 atom stereocenters. The van der Waals surface area contributed by atoms with Gasteiger partial charge in [-0.2, -0.15) is 0 Å². The first-order valence-corrected chi connectivity index (χ1v) is 4.82. The van der Waals surface area contributed by atoms with Gasteiger partial charge in [0.25, 0.3) is 0 Å². The summed E-state index contributed by atoms with van der Waals surface area (Å²) in [5, 5.41) is 0. The lowest BCUT2D eigenvalue weighted by Gasteiger charge is -2.18. The highest BCUT2D eigenvalue weighted by Crippen LogP contribution is 2.24. The van der Waals surface area contributed by atoms with Crippen molar-refractivity contribution in [2.24, 2.45) is 5.92 Å². The number of hydrogen-bond acceptors (Lipinski definition) is 2. The lowest BCUT2D eigenvalue weighted by atomic mass is 9.84. The Bertz CT molecular complexity index is 178. The van der Waals surface area contributed by atoms with E-state index in [2.05, 4.69) is 0 Å². The van der Waals surface area contributed by atoms with Crippen molar-refractivity contribution in [1.29, 1.82) is 0 Å². The summed E-state index contributed by atoms with van der Waals surface area (Å²) >= 11 is 0. The molecule has 2 heteroatoms. The second-order valence-electron chi connectivity index (χ2n) is 3.48. The highest BCUT2D eigenvalue weighted by molar-refractivity contribution is 6.37. The molecule has 68 valence electrons. The van der Waals surface area contributed by atoms with Crippen LogP contribution >= 0.6 is 0 Å². The Balaban J connectivity index is 2.45. The summed E-state index contributed by atoms with van der Waals surface area (Å²) in [4.78, 5) is 22.4. The van der Waals surface area contributed by atoms with Crippen molar-refractivity contribution in [2.75, 3.05) is 0 Å². The molecule has 0 saturated heterocycles. The van der Waals surface area contributed by atoms with Crippen LogP contribution < -0.4 is 0 Å². The zero-order valence-electron chi connectivity index (χ0n) is 7.64. The Morgan fingerprint density at radius 3 is 2.25 bits per heavy atom. The summed E-state index contributed by atoms with van der Waals surface area (Å²) in [5.41, 5.74) is 0. The van der Waals surface area contributed by atoms with Crippen molar-refractivity contribution in [1.82, 2.24) is 0 Å². The van der Waals surface area contributed by atoms with Gasteiger partial charge in [0, 0.05) is 12.3 Å². The van der Waals surface area contributed by atoms with Crippen molar-refractivity contribution in [3.63, 3.8) is 0 Å². The smallest absolute Gasteiger partial charge is 0.201 e. The van der Waals surface area contributed by atoms with Crippen LogP contribution in [0.4, 0.5) is 0 Å². The molecule has 1 saturated carbocycles. The van der Waals surface area contributed by atoms with Gasteiger partial charge in [-0.15, -0.1) is 0 Å². The molecule has 0 spiro atoms. The maximum absolute atomic E-state index is 11.4. The molecular weight excluding hydrogens is 152 g/mol. The molecule has 0 aliphatic heterocycles. The van der Waals surface area contributed by atoms with Gasteiger partial charge >= 0.3 is 0 Å². The van der Waals surface area contributed by atoms with Crippen LogP contribution in [-0.2, 0) is 9.59 Å². The minimum atomic E-state index is -0.179. The van der Waals surface area contributed by atoms with Crippen LogP contribution in [0.15, 0.2) is 0 Å². The Labute approximate surface area is 73.3 Å². The molecule has 0 aromatic carbocycles. The average Bonchev–Trinajstić information content (AvgIpc) is 2.17. The first kappa shape index (κ1) is 9.43. The van der Waals surface area contributed by atoms with Crippen molar-refractivity contribution in [3.05, 3.63) is 0 Å². The number of Topliss-reactive ketones (excluding diaryl/α,β-unsaturated/α-hetero) is 2. The molecule has 0 aromatic rings. The van der Waals surface area contributed by atoms with Crippen LogP contribution in [0.3, 0.4) is 0 Å². The SMILES string of the molecule is CCC(=O)C(=O)C1CCCCC1. The standard InChI is InChI=1S/C10H16O2/c1-2-9(11)10(12)8-6-4-3-5-7-8/h8H,2-7H2,1H3. The molecular formula is C10H16O2. The van der Waals surface area contributed by atoms with Crippen molar-refractivity contribution in [3.8, 4) is 0 Å². The Kier molecular flexibility index (Phi) is 3.45. The van der Waals surface area contributed by atoms with Gasteiger partial charge in [0.15, 0.2) is 5.78 Å². The van der Waals surface area contributed by atoms with E-state index < -0.39 is 0 Å². The van der Waals surface area contributed by atoms with E-state index in [1.165, 1.54) is 6.42 Å². The summed E-state index contributed by atoms with van der Waals surface area (Å²) in [6, 6.07) is 0. The molecule has 0 unspecified atom stereocenters. The van der Waals surface area contributed by atoms with E-state index in [-0.39, 0.29) is 17.5 Å². The van der Waals surface area contributed by atoms with Gasteiger partial charge in [-0.25, -0.2) is 0 Å². The largest absolute Gasteiger partial charge is 0.291 e. The third-order valence-corrected chi connectivity index (χ3v) is 2.57. The molecule has 1 aliphatic carbocycles. The molecule has 0 amide bonds. The first-order chi connectivity index (χ1) is 5.75. The fourth-order valence-corrected chi connectivity index (χ4v) is 1.77. The molecule has 1 rings (SSSR count). The lowest BCUT2D eigenvalue weighted by Crippen LogP contribution is -2.24. The molecule has 1 aliphatic rings. The summed E-state index contributed by atoms with van der Waals surface area (Å²) in [6.45, 7) is 1.75. The first-order valence-electron chi connectivity index (χ1n) is 4.82. The van der Waals surface area contributed by atoms with Crippen LogP contribution in [-0.4, -0.2) is 11.6 Å². The molecule has 12 heavy (non-hydrogen) atoms. The second kappa shape index (κ2) is 4.39. The minimum Gasteiger partial charge on any atom is -0.291 e. The molecule has 0 bridgehead atoms. The number of carbonyl (C=O) groups is 2. The van der Waals surface area contributed by atoms with E-state index in [0.717, 1.165) is 25.7 Å². The zero-order valence-corrected chi connectivity index (χ0v) is 7.64. The molecule has 0 aromatic heterocycles. The second-order valence-corrected chi connectivity index (χ2v) is 3.48. The van der Waals surface area contributed by atoms with E-state index >= 15 is 0 Å². The monoisotopic (exact) mass is 168 g/mol. The van der Waals surface area contributed by atoms with E-state index in [1.54, 1.807) is 6.92 Å². The number of rotatable bonds is 3. The lowest BCUT2D eigenvalue weighted by molar-refractivity contribution is -0.139. The maximum atomic E-state index is 11.4. The summed E-state index contributed by atoms with van der Waals surface area (Å²) in [5.74, 6) is -0.231. The molecule has 0 heterocycles. The van der Waals surface area contributed by atoms with Gasteiger partial charge in [0.1, 0.15) is 0 Å². The predicted molar refractivity (Wildman–Crippen MR) is 46.9 cm³/mol. The third-order valence-electron chi connectivity index (χ3n) is 2.57. The summed E-state index contributed by atoms with van der Waals surface area (Å²) in [6.07, 6.45) is 5.70. The highest BCUT2D eigenvalue weighted by Gasteiger charge is 2.24. The van der Waals surface area contributed by atoms with Gasteiger partial charge in [0.2, 0.25) is 5.78 Å². The molecule has 0 N–H and O–H groups in total. The molecule has 0 radical (unpaired) electrons. The fraction of sp³-hybridized carbons (Fsp3) is 0.800. The quantitative estimate of drug-likeness (QED) is 0.605. The molecule has 2 nitrogen and oxygen atoms in total.